The molecule has 1 aliphatic rings. The molecule has 0 spiro atoms. The molecule has 5 nitrogen and oxygen atoms in total. The van der Waals surface area contributed by atoms with Crippen molar-refractivity contribution in [3.63, 3.8) is 0 Å². The summed E-state index contributed by atoms with van der Waals surface area (Å²) >= 11 is 0. The van der Waals surface area contributed by atoms with Crippen LogP contribution in [0.1, 0.15) is 44.6 Å². The molecule has 5 heteroatoms. The van der Waals surface area contributed by atoms with Crippen LogP contribution in [0.4, 0.5) is 0 Å². The third-order valence-corrected chi connectivity index (χ3v) is 4.30. The van der Waals surface area contributed by atoms with Gasteiger partial charge in [-0.2, -0.15) is 0 Å². The van der Waals surface area contributed by atoms with Crippen LogP contribution in [-0.4, -0.2) is 34.9 Å². The first-order valence-electron chi connectivity index (χ1n) is 9.25. The summed E-state index contributed by atoms with van der Waals surface area (Å²) in [6.07, 6.45) is 8.26. The Morgan fingerprint density at radius 1 is 1.07 bits per heavy atom. The van der Waals surface area contributed by atoms with Gasteiger partial charge in [-0.25, -0.2) is 9.59 Å². The molecular weight excluding hydrogens is 344 g/mol. The highest BCUT2D eigenvalue weighted by Crippen LogP contribution is 2.22. The number of hydrogen-bond acceptors (Lipinski definition) is 3. The number of hydrogen-bond donors (Lipinski definition) is 2. The third kappa shape index (κ3) is 7.62. The summed E-state index contributed by atoms with van der Waals surface area (Å²) in [5.74, 6) is -1.97. The standard InChI is InChI=1S/C22H26O5/c1-2-3-9-18(21(23)24)13-17(12-16-7-5-4-6-8-16)14-19(22(25)26)10-11-20-15-27-20/h4-8,12-14,20H,2-3,9-11,15H2,1H3,(H,23,24)(H,25,26). The number of carbonyl (C=O) groups is 2. The van der Waals surface area contributed by atoms with E-state index in [-0.39, 0.29) is 17.3 Å². The molecule has 1 saturated heterocycles. The van der Waals surface area contributed by atoms with Crippen LogP contribution in [0.5, 0.6) is 0 Å². The van der Waals surface area contributed by atoms with E-state index in [0.29, 0.717) is 31.4 Å². The molecule has 1 aromatic rings. The molecule has 1 aliphatic heterocycles. The molecule has 1 unspecified atom stereocenters. The van der Waals surface area contributed by atoms with Gasteiger partial charge in [0.1, 0.15) is 0 Å². The van der Waals surface area contributed by atoms with Gasteiger partial charge in [0.05, 0.1) is 12.7 Å². The first-order valence-corrected chi connectivity index (χ1v) is 9.25. The molecule has 0 bridgehead atoms. The Morgan fingerprint density at radius 2 is 1.67 bits per heavy atom. The summed E-state index contributed by atoms with van der Waals surface area (Å²) in [6, 6.07) is 9.45. The van der Waals surface area contributed by atoms with Crippen molar-refractivity contribution in [3.8, 4) is 0 Å². The number of aliphatic carboxylic acids is 2. The van der Waals surface area contributed by atoms with Crippen molar-refractivity contribution in [1.29, 1.82) is 0 Å². The topological polar surface area (TPSA) is 87.1 Å². The molecule has 0 saturated carbocycles. The molecule has 27 heavy (non-hydrogen) atoms. The van der Waals surface area contributed by atoms with Crippen molar-refractivity contribution < 1.29 is 24.5 Å². The molecular formula is C22H26O5. The van der Waals surface area contributed by atoms with Gasteiger partial charge in [-0.1, -0.05) is 43.7 Å². The number of benzene rings is 1. The van der Waals surface area contributed by atoms with E-state index < -0.39 is 11.9 Å². The van der Waals surface area contributed by atoms with E-state index in [9.17, 15) is 19.8 Å². The molecule has 0 amide bonds. The lowest BCUT2D eigenvalue weighted by Crippen LogP contribution is -2.04. The zero-order chi connectivity index (χ0) is 19.6. The first kappa shape index (κ1) is 20.6. The van der Waals surface area contributed by atoms with Gasteiger partial charge in [0, 0.05) is 11.1 Å². The van der Waals surface area contributed by atoms with E-state index in [2.05, 4.69) is 0 Å². The molecule has 0 aromatic heterocycles. The smallest absolute Gasteiger partial charge is 0.331 e. The van der Waals surface area contributed by atoms with Gasteiger partial charge in [-0.3, -0.25) is 0 Å². The van der Waals surface area contributed by atoms with Crippen LogP contribution in [-0.2, 0) is 14.3 Å². The van der Waals surface area contributed by atoms with Gasteiger partial charge in [0.15, 0.2) is 0 Å². The lowest BCUT2D eigenvalue weighted by molar-refractivity contribution is -0.133. The predicted octanol–water partition coefficient (Wildman–Crippen LogP) is 4.46. The molecule has 2 N–H and O–H groups in total. The van der Waals surface area contributed by atoms with Crippen molar-refractivity contribution in [2.24, 2.45) is 0 Å². The maximum absolute atomic E-state index is 11.6. The molecule has 0 aliphatic carbocycles. The number of unbranched alkanes of at least 4 members (excludes halogenated alkanes) is 1. The minimum Gasteiger partial charge on any atom is -0.478 e. The maximum Gasteiger partial charge on any atom is 0.331 e. The summed E-state index contributed by atoms with van der Waals surface area (Å²) in [4.78, 5) is 23.2. The van der Waals surface area contributed by atoms with Gasteiger partial charge in [0.2, 0.25) is 0 Å². The van der Waals surface area contributed by atoms with Crippen LogP contribution in [0.2, 0.25) is 0 Å². The number of rotatable bonds is 11. The van der Waals surface area contributed by atoms with Crippen LogP contribution in [0, 0.1) is 0 Å². The summed E-state index contributed by atoms with van der Waals surface area (Å²) in [5.41, 5.74) is 1.99. The molecule has 1 aromatic carbocycles. The Morgan fingerprint density at radius 3 is 2.19 bits per heavy atom. The van der Waals surface area contributed by atoms with Gasteiger partial charge < -0.3 is 14.9 Å². The monoisotopic (exact) mass is 370 g/mol. The quantitative estimate of drug-likeness (QED) is 0.341. The normalized spacial score (nSPS) is 17.7. The number of epoxide rings is 1. The lowest BCUT2D eigenvalue weighted by atomic mass is 10.00. The molecule has 0 radical (unpaired) electrons. The second-order valence-electron chi connectivity index (χ2n) is 6.60. The van der Waals surface area contributed by atoms with Gasteiger partial charge in [0.25, 0.3) is 0 Å². The Labute approximate surface area is 159 Å². The Bertz CT molecular complexity index is 739. The zero-order valence-corrected chi connectivity index (χ0v) is 15.6. The van der Waals surface area contributed by atoms with Gasteiger partial charge >= 0.3 is 11.9 Å². The summed E-state index contributed by atoms with van der Waals surface area (Å²) < 4.78 is 5.16. The number of carboxylic acids is 2. The SMILES string of the molecule is CCCCC(=CC(=Cc1ccccc1)C=C(CCC1CO1)C(=O)O)C(=O)O. The molecule has 1 atom stereocenters. The largest absolute Gasteiger partial charge is 0.478 e. The highest BCUT2D eigenvalue weighted by atomic mass is 16.6. The van der Waals surface area contributed by atoms with Crippen molar-refractivity contribution in [1.82, 2.24) is 0 Å². The van der Waals surface area contributed by atoms with Crippen LogP contribution < -0.4 is 0 Å². The zero-order valence-electron chi connectivity index (χ0n) is 15.6. The maximum atomic E-state index is 11.6. The lowest BCUT2D eigenvalue weighted by Gasteiger charge is -2.06. The van der Waals surface area contributed by atoms with Gasteiger partial charge in [-0.15, -0.1) is 0 Å². The van der Waals surface area contributed by atoms with E-state index in [0.717, 1.165) is 18.4 Å². The minimum atomic E-state index is -0.992. The first-order chi connectivity index (χ1) is 13.0. The van der Waals surface area contributed by atoms with Crippen LogP contribution in [0.3, 0.4) is 0 Å². The van der Waals surface area contributed by atoms with Crippen LogP contribution in [0.25, 0.3) is 6.08 Å². The van der Waals surface area contributed by atoms with E-state index in [1.165, 1.54) is 0 Å². The fraction of sp³-hybridized carbons (Fsp3) is 0.364. The average Bonchev–Trinajstić information content (AvgIpc) is 3.46. The van der Waals surface area contributed by atoms with Crippen molar-refractivity contribution in [2.75, 3.05) is 6.61 Å². The second kappa shape index (κ2) is 10.5. The van der Waals surface area contributed by atoms with Crippen molar-refractivity contribution >= 4 is 18.0 Å². The fourth-order valence-electron chi connectivity index (χ4n) is 2.67. The highest BCUT2D eigenvalue weighted by molar-refractivity contribution is 5.90. The second-order valence-corrected chi connectivity index (χ2v) is 6.60. The molecule has 2 rings (SSSR count). The molecule has 1 fully saturated rings. The summed E-state index contributed by atoms with van der Waals surface area (Å²) in [7, 11) is 0. The van der Waals surface area contributed by atoms with Crippen LogP contribution in [0.15, 0.2) is 59.2 Å². The van der Waals surface area contributed by atoms with E-state index in [4.69, 9.17) is 4.74 Å². The van der Waals surface area contributed by atoms with E-state index >= 15 is 0 Å². The molecule has 1 heterocycles. The van der Waals surface area contributed by atoms with Crippen molar-refractivity contribution in [2.45, 2.75) is 45.1 Å². The third-order valence-electron chi connectivity index (χ3n) is 4.30. The average molecular weight is 370 g/mol. The highest BCUT2D eigenvalue weighted by Gasteiger charge is 2.23. The Hall–Kier alpha value is -2.66. The van der Waals surface area contributed by atoms with E-state index in [1.807, 2.05) is 43.3 Å². The van der Waals surface area contributed by atoms with Gasteiger partial charge in [-0.05, 0) is 55.0 Å². The van der Waals surface area contributed by atoms with E-state index in [1.54, 1.807) is 12.2 Å². The Kier molecular flexibility index (Phi) is 8.01. The summed E-state index contributed by atoms with van der Waals surface area (Å²) in [6.45, 7) is 2.68. The fourth-order valence-corrected chi connectivity index (χ4v) is 2.67. The number of carboxylic acid groups (broad SMARTS) is 2. The van der Waals surface area contributed by atoms with Crippen molar-refractivity contribution in [3.05, 3.63) is 64.8 Å². The van der Waals surface area contributed by atoms with Crippen LogP contribution >= 0.6 is 0 Å². The number of allylic oxidation sites excluding steroid dienone is 3. The molecule has 144 valence electrons. The predicted molar refractivity (Wildman–Crippen MR) is 104 cm³/mol. The Balaban J connectivity index is 2.37. The number of ether oxygens (including phenoxy) is 1. The summed E-state index contributed by atoms with van der Waals surface area (Å²) in [5, 5.41) is 19.0. The minimum absolute atomic E-state index is 0.143.